The molecule has 0 radical (unpaired) electrons. The van der Waals surface area contributed by atoms with Gasteiger partial charge in [0.2, 0.25) is 5.91 Å². The second-order valence-electron chi connectivity index (χ2n) is 6.87. The average Bonchev–Trinajstić information content (AvgIpc) is 3.52. The summed E-state index contributed by atoms with van der Waals surface area (Å²) in [5.74, 6) is -0.102. The molecule has 2 aromatic carbocycles. The SMILES string of the molecule is C[C@@H](Sc1nc2ccccc2c(=O)n1-c1ccc([N+](=O)[O-])cc1)C(=O)NC1CC1. The topological polar surface area (TPSA) is 107 Å². The number of hydrogen-bond donors (Lipinski definition) is 1. The van der Waals surface area contributed by atoms with Crippen LogP contribution in [-0.4, -0.2) is 31.7 Å². The summed E-state index contributed by atoms with van der Waals surface area (Å²) in [6.45, 7) is 1.77. The summed E-state index contributed by atoms with van der Waals surface area (Å²) in [6, 6.07) is 12.9. The number of amides is 1. The van der Waals surface area contributed by atoms with Gasteiger partial charge < -0.3 is 5.32 Å². The number of rotatable bonds is 6. The molecule has 1 saturated carbocycles. The molecule has 1 heterocycles. The lowest BCUT2D eigenvalue weighted by Gasteiger charge is -2.16. The van der Waals surface area contributed by atoms with Gasteiger partial charge in [-0.05, 0) is 44.0 Å². The number of non-ortho nitro benzene ring substituents is 1. The minimum absolute atomic E-state index is 0.0677. The Morgan fingerprint density at radius 2 is 1.93 bits per heavy atom. The van der Waals surface area contributed by atoms with Crippen molar-refractivity contribution >= 4 is 34.3 Å². The summed E-state index contributed by atoms with van der Waals surface area (Å²) in [5, 5.41) is 14.2. The maximum atomic E-state index is 13.2. The molecule has 1 amide bonds. The molecule has 29 heavy (non-hydrogen) atoms. The Bertz CT molecular complexity index is 1160. The molecule has 0 saturated heterocycles. The lowest BCUT2D eigenvalue weighted by Crippen LogP contribution is -2.33. The molecule has 148 valence electrons. The van der Waals surface area contributed by atoms with Crippen LogP contribution in [-0.2, 0) is 4.79 Å². The van der Waals surface area contributed by atoms with Crippen molar-refractivity contribution in [2.24, 2.45) is 0 Å². The number of para-hydroxylation sites is 1. The first-order valence-electron chi connectivity index (χ1n) is 9.17. The van der Waals surface area contributed by atoms with E-state index in [0.717, 1.165) is 12.8 Å². The smallest absolute Gasteiger partial charge is 0.269 e. The van der Waals surface area contributed by atoms with Crippen LogP contribution in [0.15, 0.2) is 58.5 Å². The number of nitro benzene ring substituents is 1. The normalized spacial score (nSPS) is 14.5. The average molecular weight is 410 g/mol. The summed E-state index contributed by atoms with van der Waals surface area (Å²) < 4.78 is 1.40. The first kappa shape index (κ1) is 19.1. The van der Waals surface area contributed by atoms with E-state index >= 15 is 0 Å². The zero-order chi connectivity index (χ0) is 20.5. The summed E-state index contributed by atoms with van der Waals surface area (Å²) in [4.78, 5) is 40.6. The van der Waals surface area contributed by atoms with Gasteiger partial charge in [0.25, 0.3) is 11.2 Å². The van der Waals surface area contributed by atoms with Crippen molar-refractivity contribution < 1.29 is 9.72 Å². The van der Waals surface area contributed by atoms with E-state index in [9.17, 15) is 19.7 Å². The van der Waals surface area contributed by atoms with Crippen molar-refractivity contribution in [2.75, 3.05) is 0 Å². The molecule has 0 spiro atoms. The minimum atomic E-state index is -0.495. The Kier molecular flexibility index (Phi) is 5.06. The van der Waals surface area contributed by atoms with Gasteiger partial charge >= 0.3 is 0 Å². The zero-order valence-electron chi connectivity index (χ0n) is 15.6. The number of carbonyl (C=O) groups is 1. The Hall–Kier alpha value is -3.20. The number of fused-ring (bicyclic) bond motifs is 1. The fourth-order valence-electron chi connectivity index (χ4n) is 2.90. The maximum Gasteiger partial charge on any atom is 0.269 e. The number of carbonyl (C=O) groups excluding carboxylic acids is 1. The van der Waals surface area contributed by atoms with Gasteiger partial charge in [-0.15, -0.1) is 0 Å². The van der Waals surface area contributed by atoms with Gasteiger partial charge in [0.05, 0.1) is 26.8 Å². The van der Waals surface area contributed by atoms with Crippen LogP contribution in [0.3, 0.4) is 0 Å². The largest absolute Gasteiger partial charge is 0.352 e. The predicted molar refractivity (Wildman–Crippen MR) is 110 cm³/mol. The van der Waals surface area contributed by atoms with Crippen molar-refractivity contribution in [2.45, 2.75) is 36.2 Å². The molecule has 8 nitrogen and oxygen atoms in total. The Labute approximate surface area is 170 Å². The third kappa shape index (κ3) is 4.00. The van der Waals surface area contributed by atoms with Crippen molar-refractivity contribution in [3.63, 3.8) is 0 Å². The first-order chi connectivity index (χ1) is 13.9. The molecule has 3 aromatic rings. The van der Waals surface area contributed by atoms with Crippen LogP contribution in [0.5, 0.6) is 0 Å². The van der Waals surface area contributed by atoms with Gasteiger partial charge in [-0.1, -0.05) is 23.9 Å². The molecule has 1 N–H and O–H groups in total. The molecule has 1 fully saturated rings. The van der Waals surface area contributed by atoms with Gasteiger partial charge in [0.1, 0.15) is 0 Å². The van der Waals surface area contributed by atoms with Crippen LogP contribution in [0.1, 0.15) is 19.8 Å². The molecule has 1 atom stereocenters. The molecule has 9 heteroatoms. The third-order valence-corrected chi connectivity index (χ3v) is 5.69. The fourth-order valence-corrected chi connectivity index (χ4v) is 3.84. The molecule has 1 aliphatic carbocycles. The van der Waals surface area contributed by atoms with E-state index in [1.54, 1.807) is 31.2 Å². The first-order valence-corrected chi connectivity index (χ1v) is 10.1. The Morgan fingerprint density at radius 3 is 2.59 bits per heavy atom. The van der Waals surface area contributed by atoms with Crippen molar-refractivity contribution in [1.29, 1.82) is 0 Å². The molecular weight excluding hydrogens is 392 g/mol. The number of thioether (sulfide) groups is 1. The lowest BCUT2D eigenvalue weighted by molar-refractivity contribution is -0.384. The quantitative estimate of drug-likeness (QED) is 0.290. The highest BCUT2D eigenvalue weighted by molar-refractivity contribution is 8.00. The van der Waals surface area contributed by atoms with E-state index in [1.165, 1.54) is 40.6 Å². The van der Waals surface area contributed by atoms with E-state index in [4.69, 9.17) is 0 Å². The number of nitrogens with one attached hydrogen (secondary N) is 1. The Morgan fingerprint density at radius 1 is 1.24 bits per heavy atom. The van der Waals surface area contributed by atoms with Gasteiger partial charge in [-0.2, -0.15) is 0 Å². The molecular formula is C20H18N4O4S. The number of nitro groups is 1. The molecule has 0 aliphatic heterocycles. The van der Waals surface area contributed by atoms with Crippen molar-refractivity contribution in [1.82, 2.24) is 14.9 Å². The van der Waals surface area contributed by atoms with Crippen LogP contribution in [0.2, 0.25) is 0 Å². The highest BCUT2D eigenvalue weighted by Crippen LogP contribution is 2.27. The van der Waals surface area contributed by atoms with Crippen LogP contribution in [0.25, 0.3) is 16.6 Å². The highest BCUT2D eigenvalue weighted by Gasteiger charge is 2.27. The second-order valence-corrected chi connectivity index (χ2v) is 8.18. The minimum Gasteiger partial charge on any atom is -0.352 e. The highest BCUT2D eigenvalue weighted by atomic mass is 32.2. The molecule has 0 unspecified atom stereocenters. The van der Waals surface area contributed by atoms with Crippen molar-refractivity contribution in [3.05, 3.63) is 69.0 Å². The Balaban J connectivity index is 1.78. The van der Waals surface area contributed by atoms with Crippen molar-refractivity contribution in [3.8, 4) is 5.69 Å². The summed E-state index contributed by atoms with van der Waals surface area (Å²) in [6.07, 6.45) is 1.98. The number of aromatic nitrogens is 2. The van der Waals surface area contributed by atoms with Crippen LogP contribution >= 0.6 is 11.8 Å². The summed E-state index contributed by atoms with van der Waals surface area (Å²) in [5.41, 5.74) is 0.632. The van der Waals surface area contributed by atoms with E-state index in [0.29, 0.717) is 21.7 Å². The van der Waals surface area contributed by atoms with Gasteiger partial charge in [-0.25, -0.2) is 4.98 Å². The molecule has 1 aromatic heterocycles. The number of benzene rings is 2. The van der Waals surface area contributed by atoms with Gasteiger partial charge in [0, 0.05) is 18.2 Å². The van der Waals surface area contributed by atoms with E-state index < -0.39 is 10.2 Å². The van der Waals surface area contributed by atoms with Crippen LogP contribution < -0.4 is 10.9 Å². The number of nitrogens with zero attached hydrogens (tertiary/aromatic N) is 3. The standard InChI is InChI=1S/C20H18N4O4S/c1-12(18(25)21-13-6-7-13)29-20-22-17-5-3-2-4-16(17)19(26)23(20)14-8-10-15(11-9-14)24(27)28/h2-5,8-13H,6-7H2,1H3,(H,21,25)/t12-/m1/s1. The van der Waals surface area contributed by atoms with Gasteiger partial charge in [-0.3, -0.25) is 24.3 Å². The lowest BCUT2D eigenvalue weighted by atomic mass is 10.2. The van der Waals surface area contributed by atoms with Gasteiger partial charge in [0.15, 0.2) is 5.16 Å². The molecule has 4 rings (SSSR count). The number of hydrogen-bond acceptors (Lipinski definition) is 6. The van der Waals surface area contributed by atoms with E-state index in [-0.39, 0.29) is 23.2 Å². The molecule has 1 aliphatic rings. The summed E-state index contributed by atoms with van der Waals surface area (Å²) >= 11 is 1.19. The molecule has 0 bridgehead atoms. The van der Waals surface area contributed by atoms with Crippen LogP contribution in [0, 0.1) is 10.1 Å². The second kappa shape index (κ2) is 7.67. The maximum absolute atomic E-state index is 13.2. The summed E-state index contributed by atoms with van der Waals surface area (Å²) in [7, 11) is 0. The van der Waals surface area contributed by atoms with E-state index in [2.05, 4.69) is 10.3 Å². The zero-order valence-corrected chi connectivity index (χ0v) is 16.4. The predicted octanol–water partition coefficient (Wildman–Crippen LogP) is 3.05. The third-order valence-electron chi connectivity index (χ3n) is 4.64. The van der Waals surface area contributed by atoms with Crippen LogP contribution in [0.4, 0.5) is 5.69 Å². The van der Waals surface area contributed by atoms with E-state index in [1.807, 2.05) is 0 Å². The fraction of sp³-hybridized carbons (Fsp3) is 0.250. The monoisotopic (exact) mass is 410 g/mol.